The van der Waals surface area contributed by atoms with Gasteiger partial charge in [-0.05, 0) is 35.9 Å². The molecular formula is C17H14ClN3O3. The van der Waals surface area contributed by atoms with Crippen LogP contribution in [0.2, 0.25) is 5.02 Å². The fraction of sp³-hybridized carbons (Fsp3) is 0.118. The molecule has 6 nitrogen and oxygen atoms in total. The molecule has 0 unspecified atom stereocenters. The fourth-order valence-corrected chi connectivity index (χ4v) is 2.31. The van der Waals surface area contributed by atoms with Gasteiger partial charge in [0.25, 0.3) is 0 Å². The van der Waals surface area contributed by atoms with Crippen molar-refractivity contribution >= 4 is 28.5 Å². The monoisotopic (exact) mass is 343 g/mol. The number of carbonyl (C=O) groups is 1. The number of nitrogens with zero attached hydrogens (tertiary/aromatic N) is 2. The zero-order chi connectivity index (χ0) is 16.9. The van der Waals surface area contributed by atoms with Crippen LogP contribution in [-0.2, 0) is 16.1 Å². The van der Waals surface area contributed by atoms with Crippen LogP contribution in [0.15, 0.2) is 48.7 Å². The van der Waals surface area contributed by atoms with E-state index in [1.165, 1.54) is 7.11 Å². The lowest BCUT2D eigenvalue weighted by molar-refractivity contribution is -0.130. The summed E-state index contributed by atoms with van der Waals surface area (Å²) in [5.74, 6) is 0.772. The summed E-state index contributed by atoms with van der Waals surface area (Å²) in [7, 11) is 1.40. The maximum absolute atomic E-state index is 11.4. The van der Waals surface area contributed by atoms with Gasteiger partial charge in [0.2, 0.25) is 11.8 Å². The Morgan fingerprint density at radius 3 is 2.71 bits per heavy atom. The number of hydrogen-bond acceptors (Lipinski definition) is 5. The number of amides is 1. The molecule has 2 aromatic carbocycles. The van der Waals surface area contributed by atoms with Crippen molar-refractivity contribution in [2.75, 3.05) is 7.11 Å². The molecule has 0 aliphatic carbocycles. The summed E-state index contributed by atoms with van der Waals surface area (Å²) in [4.78, 5) is 24.7. The molecule has 24 heavy (non-hydrogen) atoms. The number of carbonyl (C=O) groups excluding carboxylic acids is 1. The number of nitrogens with one attached hydrogen (secondary N) is 1. The highest BCUT2D eigenvalue weighted by molar-refractivity contribution is 6.31. The van der Waals surface area contributed by atoms with Crippen LogP contribution < -0.4 is 10.2 Å². The predicted molar refractivity (Wildman–Crippen MR) is 89.9 cm³/mol. The summed E-state index contributed by atoms with van der Waals surface area (Å²) < 4.78 is 5.69. The normalized spacial score (nSPS) is 10.6. The van der Waals surface area contributed by atoms with Gasteiger partial charge in [-0.1, -0.05) is 23.7 Å². The van der Waals surface area contributed by atoms with Crippen molar-refractivity contribution in [1.29, 1.82) is 0 Å². The smallest absolute Gasteiger partial charge is 0.247 e. The molecule has 0 aliphatic heterocycles. The highest BCUT2D eigenvalue weighted by Crippen LogP contribution is 2.22. The molecule has 3 aromatic rings. The first-order valence-electron chi connectivity index (χ1n) is 7.15. The Hall–Kier alpha value is -2.70. The summed E-state index contributed by atoms with van der Waals surface area (Å²) in [5.41, 5.74) is 4.52. The second-order valence-electron chi connectivity index (χ2n) is 4.99. The third kappa shape index (κ3) is 3.98. The minimum Gasteiger partial charge on any atom is -0.437 e. The van der Waals surface area contributed by atoms with Gasteiger partial charge in [-0.15, -0.1) is 0 Å². The second-order valence-corrected chi connectivity index (χ2v) is 5.43. The van der Waals surface area contributed by atoms with Crippen LogP contribution in [0.5, 0.6) is 11.6 Å². The number of ether oxygens (including phenoxy) is 1. The lowest BCUT2D eigenvalue weighted by Gasteiger charge is -2.07. The summed E-state index contributed by atoms with van der Waals surface area (Å²) >= 11 is 5.92. The van der Waals surface area contributed by atoms with Crippen LogP contribution in [0.4, 0.5) is 0 Å². The number of benzene rings is 2. The van der Waals surface area contributed by atoms with E-state index >= 15 is 0 Å². The molecule has 0 fully saturated rings. The Bertz CT molecular complexity index is 869. The molecule has 122 valence electrons. The van der Waals surface area contributed by atoms with Crippen molar-refractivity contribution in [2.45, 2.75) is 6.42 Å². The highest BCUT2D eigenvalue weighted by atomic mass is 35.5. The van der Waals surface area contributed by atoms with Crippen LogP contribution in [0.25, 0.3) is 11.0 Å². The van der Waals surface area contributed by atoms with E-state index in [1.54, 1.807) is 48.7 Å². The van der Waals surface area contributed by atoms with Gasteiger partial charge in [0, 0.05) is 5.02 Å². The molecule has 1 heterocycles. The molecule has 0 atom stereocenters. The molecule has 0 bridgehead atoms. The lowest BCUT2D eigenvalue weighted by Crippen LogP contribution is -2.23. The second kappa shape index (κ2) is 7.25. The average molecular weight is 344 g/mol. The molecule has 1 N–H and O–H groups in total. The van der Waals surface area contributed by atoms with Gasteiger partial charge < -0.3 is 4.74 Å². The molecule has 0 saturated heterocycles. The van der Waals surface area contributed by atoms with Crippen LogP contribution >= 0.6 is 11.6 Å². The Morgan fingerprint density at radius 2 is 1.96 bits per heavy atom. The first kappa shape index (κ1) is 16.2. The van der Waals surface area contributed by atoms with Gasteiger partial charge >= 0.3 is 0 Å². The number of aromatic nitrogens is 2. The molecule has 3 rings (SSSR count). The van der Waals surface area contributed by atoms with E-state index in [-0.39, 0.29) is 12.3 Å². The van der Waals surface area contributed by atoms with E-state index in [0.717, 1.165) is 5.56 Å². The number of hydrogen-bond donors (Lipinski definition) is 1. The fourth-order valence-electron chi connectivity index (χ4n) is 2.15. The molecular weight excluding hydrogens is 330 g/mol. The van der Waals surface area contributed by atoms with E-state index in [1.807, 2.05) is 0 Å². The molecule has 0 aliphatic rings. The minimum absolute atomic E-state index is 0.217. The zero-order valence-corrected chi connectivity index (χ0v) is 13.6. The number of hydroxylamine groups is 1. The van der Waals surface area contributed by atoms with Gasteiger partial charge in [-0.3, -0.25) is 9.63 Å². The molecule has 7 heteroatoms. The quantitative estimate of drug-likeness (QED) is 0.719. The van der Waals surface area contributed by atoms with Crippen LogP contribution in [0.3, 0.4) is 0 Å². The van der Waals surface area contributed by atoms with E-state index in [4.69, 9.17) is 16.3 Å². The van der Waals surface area contributed by atoms with Crippen LogP contribution in [0, 0.1) is 0 Å². The average Bonchev–Trinajstić information content (AvgIpc) is 2.57. The van der Waals surface area contributed by atoms with Gasteiger partial charge in [0.05, 0.1) is 30.8 Å². The van der Waals surface area contributed by atoms with Crippen molar-refractivity contribution in [1.82, 2.24) is 15.4 Å². The minimum atomic E-state index is -0.217. The largest absolute Gasteiger partial charge is 0.437 e. The highest BCUT2D eigenvalue weighted by Gasteiger charge is 2.05. The predicted octanol–water partition coefficient (Wildman–Crippen LogP) is 3.30. The summed E-state index contributed by atoms with van der Waals surface area (Å²) in [6, 6.07) is 12.4. The van der Waals surface area contributed by atoms with Gasteiger partial charge in [0.1, 0.15) is 5.75 Å². The number of halogens is 1. The standard InChI is InChI=1S/C17H14ClN3O3/c1-23-21-16(22)8-11-2-5-13(6-3-11)24-17-10-19-15-9-12(18)4-7-14(15)20-17/h2-7,9-10H,8H2,1H3,(H,21,22). The van der Waals surface area contributed by atoms with Gasteiger partial charge in [-0.2, -0.15) is 0 Å². The first-order valence-corrected chi connectivity index (χ1v) is 7.53. The molecule has 0 radical (unpaired) electrons. The van der Waals surface area contributed by atoms with Gasteiger partial charge in [-0.25, -0.2) is 15.4 Å². The lowest BCUT2D eigenvalue weighted by atomic mass is 10.1. The van der Waals surface area contributed by atoms with Crippen molar-refractivity contribution < 1.29 is 14.4 Å². The number of fused-ring (bicyclic) bond motifs is 1. The molecule has 0 saturated carbocycles. The summed E-state index contributed by atoms with van der Waals surface area (Å²) in [6.45, 7) is 0. The molecule has 1 aromatic heterocycles. The SMILES string of the molecule is CONC(=O)Cc1ccc(Oc2cnc3cc(Cl)ccc3n2)cc1. The van der Waals surface area contributed by atoms with Crippen molar-refractivity contribution in [2.24, 2.45) is 0 Å². The van der Waals surface area contributed by atoms with E-state index < -0.39 is 0 Å². The molecule has 0 spiro atoms. The maximum atomic E-state index is 11.4. The van der Waals surface area contributed by atoms with Crippen LogP contribution in [0.1, 0.15) is 5.56 Å². The summed E-state index contributed by atoms with van der Waals surface area (Å²) in [6.07, 6.45) is 1.77. The zero-order valence-electron chi connectivity index (χ0n) is 12.8. The van der Waals surface area contributed by atoms with Crippen LogP contribution in [-0.4, -0.2) is 23.0 Å². The Morgan fingerprint density at radius 1 is 1.17 bits per heavy atom. The topological polar surface area (TPSA) is 73.3 Å². The van der Waals surface area contributed by atoms with Crippen molar-refractivity contribution in [3.05, 3.63) is 59.2 Å². The first-order chi connectivity index (χ1) is 11.6. The van der Waals surface area contributed by atoms with E-state index in [9.17, 15) is 4.79 Å². The van der Waals surface area contributed by atoms with Crippen molar-refractivity contribution in [3.8, 4) is 11.6 Å². The Kier molecular flexibility index (Phi) is 4.88. The Labute approximate surface area is 143 Å². The van der Waals surface area contributed by atoms with E-state index in [2.05, 4.69) is 20.3 Å². The van der Waals surface area contributed by atoms with Crippen molar-refractivity contribution in [3.63, 3.8) is 0 Å². The summed E-state index contributed by atoms with van der Waals surface area (Å²) in [5, 5.41) is 0.610. The van der Waals surface area contributed by atoms with E-state index in [0.29, 0.717) is 27.7 Å². The van der Waals surface area contributed by atoms with Gasteiger partial charge in [0.15, 0.2) is 0 Å². The maximum Gasteiger partial charge on any atom is 0.247 e. The number of rotatable bonds is 5. The molecule has 1 amide bonds. The third-order valence-corrected chi connectivity index (χ3v) is 3.44. The Balaban J connectivity index is 1.71. The third-order valence-electron chi connectivity index (χ3n) is 3.21.